The third-order valence-electron chi connectivity index (χ3n) is 2.94. The Bertz CT molecular complexity index is 988. The van der Waals surface area contributed by atoms with Gasteiger partial charge in [0.1, 0.15) is 15.6 Å². The van der Waals surface area contributed by atoms with Crippen LogP contribution in [0.1, 0.15) is 69.7 Å². The number of alkyl carbamates (subject to hydrolysis) is 1. The van der Waals surface area contributed by atoms with Crippen LogP contribution in [0.3, 0.4) is 0 Å². The van der Waals surface area contributed by atoms with Gasteiger partial charge >= 0.3 is 18.1 Å². The van der Waals surface area contributed by atoms with Crippen LogP contribution in [-0.2, 0) is 58.9 Å². The lowest BCUT2D eigenvalue weighted by Gasteiger charge is -1.91. The molecule has 0 heterocycles. The SMILES string of the molecule is C.CC(=O)C(C)=O.CC(C)=O.CC=NC.CCNC.CNC(=O)NC.CNC(=O)OC.CNC(C)=O.CNC(C)=O.COC(C)=O.CS(C)(=O)=O.CS(C)=O.CSC. The van der Waals surface area contributed by atoms with E-state index in [4.69, 9.17) is 0 Å². The highest BCUT2D eigenvalue weighted by Crippen LogP contribution is 1.70. The molecule has 0 unspecified atom stereocenters. The molecule has 5 amide bonds. The van der Waals surface area contributed by atoms with Gasteiger partial charge in [0.25, 0.3) is 0 Å². The van der Waals surface area contributed by atoms with Crippen molar-refractivity contribution < 1.29 is 60.5 Å². The number of thioether (sulfide) groups is 1. The Morgan fingerprint density at radius 3 is 0.845 bits per heavy atom. The van der Waals surface area contributed by atoms with Crippen molar-refractivity contribution in [1.82, 2.24) is 31.9 Å². The van der Waals surface area contributed by atoms with E-state index in [0.29, 0.717) is 0 Å². The summed E-state index contributed by atoms with van der Waals surface area (Å²) in [6.45, 7) is 14.9. The average molecular weight is 908 g/mol. The first-order valence-corrected chi connectivity index (χ1v) is 22.0. The van der Waals surface area contributed by atoms with E-state index in [-0.39, 0.29) is 48.6 Å². The van der Waals surface area contributed by atoms with Gasteiger partial charge in [0.05, 0.1) is 14.2 Å². The van der Waals surface area contributed by atoms with Crippen LogP contribution in [0.15, 0.2) is 4.99 Å². The third kappa shape index (κ3) is 527. The van der Waals surface area contributed by atoms with Crippen molar-refractivity contribution in [3.8, 4) is 0 Å². The normalized spacial score (nSPS) is 7.53. The second-order valence-corrected chi connectivity index (χ2v) is 14.0. The van der Waals surface area contributed by atoms with E-state index < -0.39 is 26.7 Å². The molecule has 58 heavy (non-hydrogen) atoms. The number of hydrogen-bond donors (Lipinski definition) is 6. The third-order valence-corrected chi connectivity index (χ3v) is 2.94. The number of hydrogen-bond acceptors (Lipinski definition) is 16. The van der Waals surface area contributed by atoms with Crippen LogP contribution in [0.4, 0.5) is 9.59 Å². The summed E-state index contributed by atoms with van der Waals surface area (Å²) in [4.78, 5) is 81.4. The number of nitrogens with one attached hydrogen (secondary N) is 6. The highest BCUT2D eigenvalue weighted by molar-refractivity contribution is 7.97. The van der Waals surface area contributed by atoms with E-state index in [1.807, 2.05) is 26.5 Å². The number of sulfone groups is 1. The van der Waals surface area contributed by atoms with Crippen molar-refractivity contribution in [3.05, 3.63) is 0 Å². The molecule has 0 aliphatic carbocycles. The van der Waals surface area contributed by atoms with Crippen LogP contribution in [0.5, 0.6) is 0 Å². The summed E-state index contributed by atoms with van der Waals surface area (Å²) in [6, 6.07) is -0.157. The summed E-state index contributed by atoms with van der Waals surface area (Å²) in [6.07, 6.45) is 11.0. The molecule has 0 saturated carbocycles. The first kappa shape index (κ1) is 90.3. The Kier molecular flexibility index (Phi) is 133. The Morgan fingerprint density at radius 1 is 0.672 bits per heavy atom. The standard InChI is InChI=1S/C4H6O2.C3H8N2O.C3H7NO2.2C3H7NO.C3H9N.C3H7N.C3H6O2.C3H6O.C2H6O2S.C2H6OS.C2H6S.CH4/c1-3(5)4(2)6;1-4-3(6)5-2;1-4-3(5)6-2;2*1-3(5)4-2;2*1-3-4-2;1-3(4)5-2;1-3(2)4;1-5(2,3)4;1-4(2)3;1-3-2;/h1-2H3;1-2H3,(H2,4,5,6);1-2H3,(H,4,5);2*1-2H3,(H,4,5);4H,3H2,1-2H3;3H,1-2H3;1-2H3;1-2H3;1-2H3;1-2H3;1-2H3;1H4. The van der Waals surface area contributed by atoms with Gasteiger partial charge < -0.3 is 51.2 Å². The van der Waals surface area contributed by atoms with Gasteiger partial charge in [-0.1, -0.05) is 14.4 Å². The van der Waals surface area contributed by atoms with Gasteiger partial charge in [-0.15, -0.1) is 0 Å². The van der Waals surface area contributed by atoms with E-state index in [9.17, 15) is 51.0 Å². The molecule has 0 saturated heterocycles. The molecule has 0 bridgehead atoms. The van der Waals surface area contributed by atoms with Gasteiger partial charge in [0, 0.05) is 113 Å². The number of nitrogens with zero attached hydrogens (tertiary/aromatic N) is 1. The number of Topliss-reactive ketones (excluding diaryl/α,β-unsaturated/α-hetero) is 3. The summed E-state index contributed by atoms with van der Waals surface area (Å²) in [5.41, 5.74) is 0. The van der Waals surface area contributed by atoms with E-state index in [1.54, 1.807) is 65.7 Å². The maximum Gasteiger partial charge on any atom is 0.406 e. The van der Waals surface area contributed by atoms with E-state index in [1.165, 1.54) is 69.7 Å². The predicted molar refractivity (Wildman–Crippen MR) is 246 cm³/mol. The Balaban J connectivity index is -0.0000000347. The predicted octanol–water partition coefficient (Wildman–Crippen LogP) is 2.16. The quantitative estimate of drug-likeness (QED) is 0.132. The van der Waals surface area contributed by atoms with Crippen molar-refractivity contribution in [1.29, 1.82) is 0 Å². The number of ketones is 3. The number of rotatable bonds is 2. The molecule has 0 atom stereocenters. The summed E-state index contributed by atoms with van der Waals surface area (Å²) in [5.74, 6) is -0.829. The maximum absolute atomic E-state index is 9.96. The molecule has 356 valence electrons. The van der Waals surface area contributed by atoms with E-state index in [0.717, 1.165) is 19.1 Å². The first-order chi connectivity index (χ1) is 25.8. The van der Waals surface area contributed by atoms with Crippen LogP contribution in [0, 0.1) is 0 Å². The summed E-state index contributed by atoms with van der Waals surface area (Å²) in [5, 5.41) is 14.7. The van der Waals surface area contributed by atoms with Crippen molar-refractivity contribution in [2.45, 2.75) is 69.7 Å². The van der Waals surface area contributed by atoms with Gasteiger partial charge in [-0.3, -0.25) is 28.2 Å². The fourth-order valence-corrected chi connectivity index (χ4v) is 0.227. The number of urea groups is 1. The molecular weight excluding hydrogens is 823 g/mol. The van der Waals surface area contributed by atoms with Gasteiger partial charge in [0.2, 0.25) is 11.8 Å². The topological polar surface area (TPSA) is 291 Å². The van der Waals surface area contributed by atoms with Crippen molar-refractivity contribution in [2.75, 3.05) is 108 Å². The Morgan fingerprint density at radius 2 is 0.845 bits per heavy atom. The molecule has 0 aromatic rings. The second-order valence-electron chi connectivity index (χ2n) is 9.42. The Hall–Kier alpha value is -3.96. The molecule has 0 aliphatic heterocycles. The maximum atomic E-state index is 9.96. The number of aliphatic imine (C=N–C) groups is 1. The van der Waals surface area contributed by atoms with Crippen LogP contribution in [0.25, 0.3) is 0 Å². The molecule has 0 fully saturated rings. The fourth-order valence-electron chi connectivity index (χ4n) is 0.227. The lowest BCUT2D eigenvalue weighted by molar-refractivity contribution is -0.138. The molecule has 0 rings (SSSR count). The monoisotopic (exact) mass is 908 g/mol. The lowest BCUT2D eigenvalue weighted by Crippen LogP contribution is -2.28. The molecule has 0 aromatic carbocycles. The number of esters is 1. The zero-order valence-electron chi connectivity index (χ0n) is 39.3. The van der Waals surface area contributed by atoms with Crippen molar-refractivity contribution >= 4 is 85.9 Å². The van der Waals surface area contributed by atoms with Crippen LogP contribution >= 0.6 is 11.8 Å². The minimum atomic E-state index is -2.67. The number of carbonyl (C=O) groups is 8. The van der Waals surface area contributed by atoms with Gasteiger partial charge in [-0.25, -0.2) is 18.0 Å². The average Bonchev–Trinajstić information content (AvgIpc) is 3.11. The largest absolute Gasteiger partial charge is 0.469 e. The van der Waals surface area contributed by atoms with Crippen LogP contribution < -0.4 is 31.9 Å². The smallest absolute Gasteiger partial charge is 0.406 e. The summed E-state index contributed by atoms with van der Waals surface area (Å²) < 4.78 is 37.1. The minimum absolute atomic E-state index is 0. The van der Waals surface area contributed by atoms with E-state index >= 15 is 0 Å². The highest BCUT2D eigenvalue weighted by atomic mass is 32.2. The van der Waals surface area contributed by atoms with Gasteiger partial charge in [-0.05, 0) is 53.1 Å². The molecule has 0 aromatic heterocycles. The van der Waals surface area contributed by atoms with Gasteiger partial charge in [0.15, 0.2) is 11.6 Å². The number of methoxy groups -OCH3 is 2. The van der Waals surface area contributed by atoms with Gasteiger partial charge in [-0.2, -0.15) is 11.8 Å². The minimum Gasteiger partial charge on any atom is -0.469 e. The van der Waals surface area contributed by atoms with E-state index in [2.05, 4.69) is 53.3 Å². The highest BCUT2D eigenvalue weighted by Gasteiger charge is 1.94. The molecular formula is C35H85N7O13S3. The van der Waals surface area contributed by atoms with Crippen molar-refractivity contribution in [3.63, 3.8) is 0 Å². The summed E-state index contributed by atoms with van der Waals surface area (Å²) >= 11 is 1.75. The fraction of sp³-hybridized carbons (Fsp3) is 0.743. The molecule has 20 nitrogen and oxygen atoms in total. The molecule has 0 spiro atoms. The zero-order valence-corrected chi connectivity index (χ0v) is 41.7. The lowest BCUT2D eigenvalue weighted by atomic mass is 10.3. The number of ether oxygens (including phenoxy) is 2. The molecule has 0 aliphatic rings. The number of amides is 5. The summed E-state index contributed by atoms with van der Waals surface area (Å²) in [7, 11) is 10.9. The second kappa shape index (κ2) is 85.3. The zero-order chi connectivity index (χ0) is 49.2. The first-order valence-electron chi connectivity index (χ1n) is 16.2. The molecule has 0 radical (unpaired) electrons. The van der Waals surface area contributed by atoms with Crippen LogP contribution in [-0.4, -0.2) is 174 Å². The molecule has 6 N–H and O–H groups in total. The molecule has 23 heteroatoms. The Labute approximate surface area is 359 Å². The van der Waals surface area contributed by atoms with Crippen molar-refractivity contribution in [2.24, 2.45) is 4.99 Å². The van der Waals surface area contributed by atoms with Crippen LogP contribution in [0.2, 0.25) is 0 Å². The number of carbonyl (C=O) groups excluding carboxylic acids is 8.